The lowest BCUT2D eigenvalue weighted by molar-refractivity contribution is 0.204. The zero-order valence-electron chi connectivity index (χ0n) is 11.8. The largest absolute Gasteiger partial charge is 0.383 e. The van der Waals surface area contributed by atoms with E-state index in [2.05, 4.69) is 32.9 Å². The van der Waals surface area contributed by atoms with Crippen LogP contribution in [-0.4, -0.2) is 35.2 Å². The van der Waals surface area contributed by atoms with E-state index in [-0.39, 0.29) is 11.4 Å². The maximum Gasteiger partial charge on any atom is 0.241 e. The van der Waals surface area contributed by atoms with E-state index in [9.17, 15) is 8.42 Å². The fourth-order valence-electron chi connectivity index (χ4n) is 1.63. The number of hydrogen-bond donors (Lipinski definition) is 2. The normalized spacial score (nSPS) is 11.8. The Balaban J connectivity index is 2.84. The average molecular weight is 365 g/mol. The van der Waals surface area contributed by atoms with Crippen LogP contribution in [0.3, 0.4) is 0 Å². The Labute approximate surface area is 129 Å². The van der Waals surface area contributed by atoms with Crippen LogP contribution in [0.15, 0.2) is 27.6 Å². The van der Waals surface area contributed by atoms with Gasteiger partial charge in [-0.15, -0.1) is 0 Å². The van der Waals surface area contributed by atoms with Gasteiger partial charge in [-0.05, 0) is 46.6 Å². The second-order valence-corrected chi connectivity index (χ2v) is 6.92. The average Bonchev–Trinajstić information content (AvgIpc) is 2.41. The number of ether oxygens (including phenoxy) is 1. The topological polar surface area (TPSA) is 67.4 Å². The molecule has 0 bridgehead atoms. The summed E-state index contributed by atoms with van der Waals surface area (Å²) in [4.78, 5) is 0.254. The first-order chi connectivity index (χ1) is 9.51. The number of sulfonamides is 1. The van der Waals surface area contributed by atoms with Gasteiger partial charge in [0.1, 0.15) is 0 Å². The van der Waals surface area contributed by atoms with Gasteiger partial charge in [-0.2, -0.15) is 0 Å². The monoisotopic (exact) mass is 364 g/mol. The molecule has 1 aromatic carbocycles. The third-order valence-electron chi connectivity index (χ3n) is 2.64. The van der Waals surface area contributed by atoms with Crippen LogP contribution in [0.2, 0.25) is 0 Å². The molecule has 7 heteroatoms. The Bertz CT molecular complexity index is 520. The molecule has 0 spiro atoms. The Kier molecular flexibility index (Phi) is 7.68. The molecule has 0 fully saturated rings. The van der Waals surface area contributed by atoms with Gasteiger partial charge in [0.2, 0.25) is 10.0 Å². The molecule has 0 saturated carbocycles. The van der Waals surface area contributed by atoms with Crippen molar-refractivity contribution in [3.8, 4) is 0 Å². The summed E-state index contributed by atoms with van der Waals surface area (Å²) >= 11 is 3.29. The standard InChI is InChI=1S/C13H21BrN2O3S/c1-3-6-15-10-11-4-5-12(14)13(9-11)20(17,18)16-7-8-19-2/h4-5,9,15-16H,3,6-8,10H2,1-2H3. The lowest BCUT2D eigenvalue weighted by atomic mass is 10.2. The van der Waals surface area contributed by atoms with Crippen molar-refractivity contribution in [1.82, 2.24) is 10.0 Å². The molecule has 2 N–H and O–H groups in total. The number of nitrogens with one attached hydrogen (secondary N) is 2. The number of rotatable bonds is 9. The summed E-state index contributed by atoms with van der Waals surface area (Å²) in [5, 5.41) is 3.25. The minimum Gasteiger partial charge on any atom is -0.383 e. The minimum atomic E-state index is -3.52. The van der Waals surface area contributed by atoms with E-state index in [0.29, 0.717) is 17.6 Å². The lowest BCUT2D eigenvalue weighted by Crippen LogP contribution is -2.27. The van der Waals surface area contributed by atoms with Gasteiger partial charge in [0.05, 0.1) is 11.5 Å². The van der Waals surface area contributed by atoms with E-state index in [1.54, 1.807) is 12.1 Å². The smallest absolute Gasteiger partial charge is 0.241 e. The van der Waals surface area contributed by atoms with Crippen LogP contribution in [0.25, 0.3) is 0 Å². The second kappa shape index (κ2) is 8.74. The molecule has 114 valence electrons. The third kappa shape index (κ3) is 5.49. The minimum absolute atomic E-state index is 0.254. The quantitative estimate of drug-likeness (QED) is 0.656. The van der Waals surface area contributed by atoms with E-state index in [1.807, 2.05) is 6.07 Å². The highest BCUT2D eigenvalue weighted by Gasteiger charge is 2.17. The summed E-state index contributed by atoms with van der Waals surface area (Å²) in [6.45, 7) is 4.24. The molecule has 0 radical (unpaired) electrons. The molecule has 0 unspecified atom stereocenters. The first-order valence-electron chi connectivity index (χ1n) is 6.49. The van der Waals surface area contributed by atoms with Gasteiger partial charge in [-0.1, -0.05) is 13.0 Å². The molecule has 20 heavy (non-hydrogen) atoms. The van der Waals surface area contributed by atoms with Crippen LogP contribution in [0, 0.1) is 0 Å². The molecule has 0 aromatic heterocycles. The number of methoxy groups -OCH3 is 1. The third-order valence-corrected chi connectivity index (χ3v) is 5.09. The molecular weight excluding hydrogens is 344 g/mol. The summed E-state index contributed by atoms with van der Waals surface area (Å²) in [6, 6.07) is 5.34. The number of hydrogen-bond acceptors (Lipinski definition) is 4. The van der Waals surface area contributed by atoms with Crippen LogP contribution < -0.4 is 10.0 Å². The second-order valence-electron chi connectivity index (χ2n) is 4.33. The summed E-state index contributed by atoms with van der Waals surface area (Å²) in [6.07, 6.45) is 1.04. The van der Waals surface area contributed by atoms with Crippen molar-refractivity contribution in [2.24, 2.45) is 0 Å². The highest BCUT2D eigenvalue weighted by Crippen LogP contribution is 2.23. The van der Waals surface area contributed by atoms with Gasteiger partial charge >= 0.3 is 0 Å². The van der Waals surface area contributed by atoms with E-state index in [1.165, 1.54) is 7.11 Å². The molecule has 5 nitrogen and oxygen atoms in total. The number of benzene rings is 1. The van der Waals surface area contributed by atoms with Crippen LogP contribution in [0.4, 0.5) is 0 Å². The van der Waals surface area contributed by atoms with E-state index in [0.717, 1.165) is 18.5 Å². The Hall–Kier alpha value is -0.470. The van der Waals surface area contributed by atoms with Crippen molar-refractivity contribution < 1.29 is 13.2 Å². The van der Waals surface area contributed by atoms with Crippen molar-refractivity contribution >= 4 is 26.0 Å². The molecule has 0 aliphatic rings. The van der Waals surface area contributed by atoms with Crippen LogP contribution in [0.1, 0.15) is 18.9 Å². The van der Waals surface area contributed by atoms with Gasteiger partial charge in [0.25, 0.3) is 0 Å². The predicted octanol–water partition coefficient (Wildman–Crippen LogP) is 1.87. The summed E-state index contributed by atoms with van der Waals surface area (Å²) < 4.78 is 32.3. The van der Waals surface area contributed by atoms with Crippen molar-refractivity contribution in [2.45, 2.75) is 24.8 Å². The summed E-state index contributed by atoms with van der Waals surface area (Å²) in [7, 11) is -1.99. The first-order valence-corrected chi connectivity index (χ1v) is 8.76. The molecule has 1 rings (SSSR count). The predicted molar refractivity (Wildman–Crippen MR) is 83.2 cm³/mol. The van der Waals surface area contributed by atoms with Gasteiger partial charge < -0.3 is 10.1 Å². The van der Waals surface area contributed by atoms with Gasteiger partial charge in [-0.3, -0.25) is 0 Å². The highest BCUT2D eigenvalue weighted by molar-refractivity contribution is 9.10. The molecule has 0 aliphatic carbocycles. The highest BCUT2D eigenvalue weighted by atomic mass is 79.9. The van der Waals surface area contributed by atoms with Gasteiger partial charge in [0, 0.05) is 24.7 Å². The van der Waals surface area contributed by atoms with Gasteiger partial charge in [-0.25, -0.2) is 13.1 Å². The molecule has 0 aliphatic heterocycles. The fourth-order valence-corrected chi connectivity index (χ4v) is 3.65. The van der Waals surface area contributed by atoms with Crippen molar-refractivity contribution in [3.05, 3.63) is 28.2 Å². The molecule has 0 amide bonds. The van der Waals surface area contributed by atoms with Crippen molar-refractivity contribution in [1.29, 1.82) is 0 Å². The van der Waals surface area contributed by atoms with Crippen molar-refractivity contribution in [3.63, 3.8) is 0 Å². The fraction of sp³-hybridized carbons (Fsp3) is 0.538. The Morgan fingerprint density at radius 2 is 2.05 bits per heavy atom. The zero-order chi connectivity index (χ0) is 15.0. The number of halogens is 1. The summed E-state index contributed by atoms with van der Waals surface area (Å²) in [5.41, 5.74) is 0.939. The van der Waals surface area contributed by atoms with E-state index in [4.69, 9.17) is 4.74 Å². The maximum absolute atomic E-state index is 12.2. The molecule has 0 atom stereocenters. The van der Waals surface area contributed by atoms with Crippen molar-refractivity contribution in [2.75, 3.05) is 26.8 Å². The molecule has 0 saturated heterocycles. The molecular formula is C13H21BrN2O3S. The van der Waals surface area contributed by atoms with Crippen LogP contribution in [0.5, 0.6) is 0 Å². The lowest BCUT2D eigenvalue weighted by Gasteiger charge is -2.10. The van der Waals surface area contributed by atoms with Gasteiger partial charge in [0.15, 0.2) is 0 Å². The van der Waals surface area contributed by atoms with E-state index < -0.39 is 10.0 Å². The maximum atomic E-state index is 12.2. The SMILES string of the molecule is CCCNCc1ccc(Br)c(S(=O)(=O)NCCOC)c1. The molecule has 0 heterocycles. The zero-order valence-corrected chi connectivity index (χ0v) is 14.2. The Morgan fingerprint density at radius 1 is 1.30 bits per heavy atom. The molecule has 1 aromatic rings. The van der Waals surface area contributed by atoms with Crippen LogP contribution >= 0.6 is 15.9 Å². The summed E-state index contributed by atoms with van der Waals surface area (Å²) in [5.74, 6) is 0. The first kappa shape index (κ1) is 17.6. The van der Waals surface area contributed by atoms with E-state index >= 15 is 0 Å². The van der Waals surface area contributed by atoms with Crippen LogP contribution in [-0.2, 0) is 21.3 Å². The Morgan fingerprint density at radius 3 is 2.70 bits per heavy atom.